The van der Waals surface area contributed by atoms with Gasteiger partial charge in [-0.05, 0) is 32.9 Å². The Morgan fingerprint density at radius 1 is 1.14 bits per heavy atom. The van der Waals surface area contributed by atoms with Crippen LogP contribution in [0, 0.1) is 0 Å². The molecule has 2 heterocycles. The highest BCUT2D eigenvalue weighted by Gasteiger charge is 2.40. The third-order valence-electron chi connectivity index (χ3n) is 3.60. The van der Waals surface area contributed by atoms with Crippen LogP contribution >= 0.6 is 0 Å². The lowest BCUT2D eigenvalue weighted by atomic mass is 9.96. The van der Waals surface area contributed by atoms with Crippen molar-refractivity contribution in [1.29, 1.82) is 0 Å². The van der Waals surface area contributed by atoms with Crippen molar-refractivity contribution in [2.24, 2.45) is 0 Å². The SMILES string of the molecule is CC.CCN1CCN2CCCC2(C)C1. The summed E-state index contributed by atoms with van der Waals surface area (Å²) >= 11 is 0. The lowest BCUT2D eigenvalue weighted by molar-refractivity contribution is 0.0430. The van der Waals surface area contributed by atoms with Crippen molar-refractivity contribution in [2.45, 2.75) is 46.1 Å². The molecule has 0 aromatic heterocycles. The molecule has 0 N–H and O–H groups in total. The third-order valence-corrected chi connectivity index (χ3v) is 3.60. The topological polar surface area (TPSA) is 6.48 Å². The van der Waals surface area contributed by atoms with E-state index in [2.05, 4.69) is 23.6 Å². The van der Waals surface area contributed by atoms with E-state index in [0.29, 0.717) is 5.54 Å². The quantitative estimate of drug-likeness (QED) is 0.637. The molecule has 0 radical (unpaired) electrons. The minimum atomic E-state index is 0.522. The Bertz CT molecular complexity index is 170. The molecule has 14 heavy (non-hydrogen) atoms. The molecule has 2 aliphatic rings. The number of hydrogen-bond acceptors (Lipinski definition) is 2. The van der Waals surface area contributed by atoms with E-state index in [1.807, 2.05) is 13.8 Å². The molecule has 2 saturated heterocycles. The molecule has 84 valence electrons. The largest absolute Gasteiger partial charge is 0.301 e. The van der Waals surface area contributed by atoms with Gasteiger partial charge in [-0.2, -0.15) is 0 Å². The van der Waals surface area contributed by atoms with Crippen molar-refractivity contribution in [3.63, 3.8) is 0 Å². The molecule has 0 bridgehead atoms. The second-order valence-corrected chi connectivity index (χ2v) is 4.46. The average Bonchev–Trinajstić information content (AvgIpc) is 2.61. The highest BCUT2D eigenvalue weighted by Crippen LogP contribution is 2.31. The molecule has 2 fully saturated rings. The predicted octanol–water partition coefficient (Wildman–Crippen LogP) is 2.20. The molecule has 0 aromatic rings. The zero-order valence-electron chi connectivity index (χ0n) is 10.3. The second-order valence-electron chi connectivity index (χ2n) is 4.46. The minimum Gasteiger partial charge on any atom is -0.301 e. The summed E-state index contributed by atoms with van der Waals surface area (Å²) in [5.74, 6) is 0. The number of fused-ring (bicyclic) bond motifs is 1. The summed E-state index contributed by atoms with van der Waals surface area (Å²) in [6.07, 6.45) is 2.82. The third kappa shape index (κ3) is 2.29. The van der Waals surface area contributed by atoms with E-state index in [0.717, 1.165) is 0 Å². The molecule has 1 unspecified atom stereocenters. The summed E-state index contributed by atoms with van der Waals surface area (Å²) < 4.78 is 0. The van der Waals surface area contributed by atoms with E-state index in [9.17, 15) is 0 Å². The van der Waals surface area contributed by atoms with Crippen molar-refractivity contribution in [3.8, 4) is 0 Å². The molecular formula is C12H26N2. The highest BCUT2D eigenvalue weighted by molar-refractivity contribution is 4.97. The van der Waals surface area contributed by atoms with E-state index in [-0.39, 0.29) is 0 Å². The monoisotopic (exact) mass is 198 g/mol. The summed E-state index contributed by atoms with van der Waals surface area (Å²) in [6, 6.07) is 0. The Hall–Kier alpha value is -0.0800. The van der Waals surface area contributed by atoms with Gasteiger partial charge in [0, 0.05) is 25.2 Å². The molecule has 1 atom stereocenters. The molecule has 0 aromatic carbocycles. The summed E-state index contributed by atoms with van der Waals surface area (Å²) in [4.78, 5) is 5.26. The van der Waals surface area contributed by atoms with Gasteiger partial charge in [0.05, 0.1) is 0 Å². The highest BCUT2D eigenvalue weighted by atomic mass is 15.3. The van der Waals surface area contributed by atoms with Crippen molar-refractivity contribution < 1.29 is 0 Å². The van der Waals surface area contributed by atoms with Gasteiger partial charge in [-0.3, -0.25) is 4.90 Å². The van der Waals surface area contributed by atoms with Crippen LogP contribution in [0.2, 0.25) is 0 Å². The molecule has 0 amide bonds. The van der Waals surface area contributed by atoms with Gasteiger partial charge in [-0.25, -0.2) is 0 Å². The van der Waals surface area contributed by atoms with Gasteiger partial charge < -0.3 is 4.90 Å². The Morgan fingerprint density at radius 2 is 1.86 bits per heavy atom. The maximum Gasteiger partial charge on any atom is 0.0309 e. The molecule has 2 heteroatoms. The standard InChI is InChI=1S/C10H20N2.C2H6/c1-3-11-7-8-12-6-4-5-10(12,2)9-11;1-2/h3-9H2,1-2H3;1-2H3. The molecular weight excluding hydrogens is 172 g/mol. The average molecular weight is 198 g/mol. The number of nitrogens with zero attached hydrogens (tertiary/aromatic N) is 2. The normalized spacial score (nSPS) is 33.4. The van der Waals surface area contributed by atoms with E-state index in [1.54, 1.807) is 0 Å². The molecule has 2 nitrogen and oxygen atoms in total. The molecule has 0 saturated carbocycles. The van der Waals surface area contributed by atoms with E-state index in [4.69, 9.17) is 0 Å². The van der Waals surface area contributed by atoms with Gasteiger partial charge in [0.15, 0.2) is 0 Å². The number of hydrogen-bond donors (Lipinski definition) is 0. The van der Waals surface area contributed by atoms with Crippen LogP contribution in [0.25, 0.3) is 0 Å². The molecule has 2 rings (SSSR count). The lowest BCUT2D eigenvalue weighted by Crippen LogP contribution is -2.57. The zero-order chi connectivity index (χ0) is 10.6. The fourth-order valence-electron chi connectivity index (χ4n) is 2.73. The lowest BCUT2D eigenvalue weighted by Gasteiger charge is -2.44. The van der Waals surface area contributed by atoms with Gasteiger partial charge in [-0.1, -0.05) is 20.8 Å². The van der Waals surface area contributed by atoms with Crippen LogP contribution in [0.5, 0.6) is 0 Å². The molecule has 0 spiro atoms. The van der Waals surface area contributed by atoms with Crippen molar-refractivity contribution in [3.05, 3.63) is 0 Å². The fourth-order valence-corrected chi connectivity index (χ4v) is 2.73. The summed E-state index contributed by atoms with van der Waals surface area (Å²) in [5.41, 5.74) is 0.522. The first-order valence-electron chi connectivity index (χ1n) is 6.22. The minimum absolute atomic E-state index is 0.522. The fraction of sp³-hybridized carbons (Fsp3) is 1.00. The second kappa shape index (κ2) is 5.13. The van der Waals surface area contributed by atoms with Gasteiger partial charge in [0.1, 0.15) is 0 Å². The van der Waals surface area contributed by atoms with Crippen molar-refractivity contribution >= 4 is 0 Å². The van der Waals surface area contributed by atoms with E-state index in [1.165, 1.54) is 45.6 Å². The number of likely N-dealkylation sites (N-methyl/N-ethyl adjacent to an activating group) is 1. The Labute approximate surface area is 89.3 Å². The Kier molecular flexibility index (Phi) is 4.39. The Balaban J connectivity index is 0.000000461. The predicted molar refractivity (Wildman–Crippen MR) is 62.7 cm³/mol. The van der Waals surface area contributed by atoms with Crippen LogP contribution in [0.15, 0.2) is 0 Å². The van der Waals surface area contributed by atoms with Gasteiger partial charge in [0.25, 0.3) is 0 Å². The Morgan fingerprint density at radius 3 is 2.50 bits per heavy atom. The van der Waals surface area contributed by atoms with Gasteiger partial charge >= 0.3 is 0 Å². The number of piperazine rings is 1. The first-order valence-corrected chi connectivity index (χ1v) is 6.22. The smallest absolute Gasteiger partial charge is 0.0309 e. The van der Waals surface area contributed by atoms with Crippen LogP contribution in [-0.2, 0) is 0 Å². The van der Waals surface area contributed by atoms with Gasteiger partial charge in [-0.15, -0.1) is 0 Å². The maximum absolute atomic E-state index is 2.68. The maximum atomic E-state index is 2.68. The zero-order valence-corrected chi connectivity index (χ0v) is 10.3. The summed E-state index contributed by atoms with van der Waals surface area (Å²) in [6.45, 7) is 15.1. The van der Waals surface area contributed by atoms with Crippen molar-refractivity contribution in [2.75, 3.05) is 32.7 Å². The van der Waals surface area contributed by atoms with Crippen LogP contribution in [0.4, 0.5) is 0 Å². The summed E-state index contributed by atoms with van der Waals surface area (Å²) in [7, 11) is 0. The van der Waals surface area contributed by atoms with Crippen LogP contribution < -0.4 is 0 Å². The first-order chi connectivity index (χ1) is 6.74. The first kappa shape index (κ1) is 12.0. The molecule has 0 aliphatic carbocycles. The number of rotatable bonds is 1. The summed E-state index contributed by atoms with van der Waals surface area (Å²) in [5, 5.41) is 0. The van der Waals surface area contributed by atoms with Crippen LogP contribution in [0.1, 0.15) is 40.5 Å². The van der Waals surface area contributed by atoms with E-state index >= 15 is 0 Å². The van der Waals surface area contributed by atoms with E-state index < -0.39 is 0 Å². The van der Waals surface area contributed by atoms with Crippen molar-refractivity contribution in [1.82, 2.24) is 9.80 Å². The molecule has 2 aliphatic heterocycles. The van der Waals surface area contributed by atoms with Crippen LogP contribution in [0.3, 0.4) is 0 Å². The van der Waals surface area contributed by atoms with Crippen LogP contribution in [-0.4, -0.2) is 48.1 Å². The van der Waals surface area contributed by atoms with Gasteiger partial charge in [0.2, 0.25) is 0 Å².